The summed E-state index contributed by atoms with van der Waals surface area (Å²) < 4.78 is 7.09. The summed E-state index contributed by atoms with van der Waals surface area (Å²) in [5.41, 5.74) is 1.45. The number of aryl methyl sites for hydroxylation is 1. The van der Waals surface area contributed by atoms with E-state index in [4.69, 9.17) is 4.74 Å². The Morgan fingerprint density at radius 3 is 2.55 bits per heavy atom. The number of benzene rings is 1. The Kier molecular flexibility index (Phi) is 5.90. The molecule has 2 aromatic rings. The van der Waals surface area contributed by atoms with E-state index in [1.54, 1.807) is 11.8 Å². The van der Waals surface area contributed by atoms with Crippen molar-refractivity contribution in [3.8, 4) is 5.75 Å². The molecule has 2 fully saturated rings. The van der Waals surface area contributed by atoms with E-state index in [0.717, 1.165) is 50.3 Å². The minimum absolute atomic E-state index is 0.0953. The lowest BCUT2D eigenvalue weighted by Crippen LogP contribution is -2.54. The second-order valence-corrected chi connectivity index (χ2v) is 8.48. The number of rotatable bonds is 6. The molecule has 2 heterocycles. The standard InChI is InChI=1S/C23H32N4O2/c1-26-16-12-21(25-26)27-15-6-7-20(22(27)28)24-17-23(13-4-3-5-14-23)18-8-10-19(29-2)11-9-18/h8-12,16,20,24H,3-7,13-15,17H2,1-2H3. The molecule has 6 nitrogen and oxygen atoms in total. The third-order valence-corrected chi connectivity index (χ3v) is 6.61. The van der Waals surface area contributed by atoms with Crippen LogP contribution in [0.3, 0.4) is 0 Å². The Morgan fingerprint density at radius 1 is 1.14 bits per heavy atom. The van der Waals surface area contributed by atoms with Gasteiger partial charge in [0.1, 0.15) is 5.75 Å². The summed E-state index contributed by atoms with van der Waals surface area (Å²) in [7, 11) is 3.59. The summed E-state index contributed by atoms with van der Waals surface area (Å²) in [5.74, 6) is 1.79. The molecule has 1 aliphatic carbocycles. The summed E-state index contributed by atoms with van der Waals surface area (Å²) in [5, 5.41) is 8.09. The van der Waals surface area contributed by atoms with Crippen LogP contribution in [0.5, 0.6) is 5.75 Å². The number of hydrogen-bond donors (Lipinski definition) is 1. The van der Waals surface area contributed by atoms with Crippen molar-refractivity contribution in [2.45, 2.75) is 56.4 Å². The number of amides is 1. The monoisotopic (exact) mass is 396 g/mol. The SMILES string of the molecule is COc1ccc(C2(CNC3CCCN(c4ccn(C)n4)C3=O)CCCCC2)cc1. The van der Waals surface area contributed by atoms with Gasteiger partial charge in [0.2, 0.25) is 5.91 Å². The first kappa shape index (κ1) is 20.0. The zero-order chi connectivity index (χ0) is 20.3. The second kappa shape index (κ2) is 8.57. The zero-order valence-corrected chi connectivity index (χ0v) is 17.6. The molecule has 2 aliphatic rings. The largest absolute Gasteiger partial charge is 0.497 e. The van der Waals surface area contributed by atoms with Crippen LogP contribution in [0.15, 0.2) is 36.5 Å². The van der Waals surface area contributed by atoms with Gasteiger partial charge in [0.25, 0.3) is 0 Å². The van der Waals surface area contributed by atoms with Gasteiger partial charge in [-0.1, -0.05) is 31.4 Å². The highest BCUT2D eigenvalue weighted by Crippen LogP contribution is 2.39. The lowest BCUT2D eigenvalue weighted by Gasteiger charge is -2.40. The van der Waals surface area contributed by atoms with Crippen LogP contribution in [0.2, 0.25) is 0 Å². The van der Waals surface area contributed by atoms with Crippen molar-refractivity contribution in [2.75, 3.05) is 25.1 Å². The maximum atomic E-state index is 13.1. The molecule has 1 saturated carbocycles. The number of hydrogen-bond acceptors (Lipinski definition) is 4. The molecule has 4 rings (SSSR count). The van der Waals surface area contributed by atoms with Crippen LogP contribution < -0.4 is 15.0 Å². The van der Waals surface area contributed by atoms with Gasteiger partial charge in [0.15, 0.2) is 5.82 Å². The Morgan fingerprint density at radius 2 is 1.90 bits per heavy atom. The van der Waals surface area contributed by atoms with E-state index >= 15 is 0 Å². The number of anilines is 1. The first-order chi connectivity index (χ1) is 14.1. The van der Waals surface area contributed by atoms with Crippen molar-refractivity contribution < 1.29 is 9.53 Å². The van der Waals surface area contributed by atoms with Crippen LogP contribution in [0, 0.1) is 0 Å². The van der Waals surface area contributed by atoms with Gasteiger partial charge in [-0.2, -0.15) is 5.10 Å². The van der Waals surface area contributed by atoms with Crippen molar-refractivity contribution in [2.24, 2.45) is 7.05 Å². The molecule has 29 heavy (non-hydrogen) atoms. The predicted octanol–water partition coefficient (Wildman–Crippen LogP) is 3.42. The van der Waals surface area contributed by atoms with E-state index < -0.39 is 0 Å². The summed E-state index contributed by atoms with van der Waals surface area (Å²) in [4.78, 5) is 15.0. The molecule has 1 unspecified atom stereocenters. The molecule has 1 aliphatic heterocycles. The molecule has 0 spiro atoms. The minimum atomic E-state index is -0.136. The number of methoxy groups -OCH3 is 1. The van der Waals surface area contributed by atoms with Gasteiger partial charge in [-0.25, -0.2) is 0 Å². The molecule has 0 bridgehead atoms. The van der Waals surface area contributed by atoms with E-state index in [0.29, 0.717) is 0 Å². The van der Waals surface area contributed by atoms with E-state index in [1.807, 2.05) is 24.2 Å². The van der Waals surface area contributed by atoms with Crippen molar-refractivity contribution in [3.63, 3.8) is 0 Å². The molecule has 1 aromatic heterocycles. The number of piperidine rings is 1. The Bertz CT molecular complexity index is 824. The number of nitrogens with zero attached hydrogens (tertiary/aromatic N) is 3. The van der Waals surface area contributed by atoms with Crippen LogP contribution in [0.4, 0.5) is 5.82 Å². The highest BCUT2D eigenvalue weighted by molar-refractivity contribution is 5.97. The fourth-order valence-corrected chi connectivity index (χ4v) is 4.90. The molecule has 1 saturated heterocycles. The molecule has 1 atom stereocenters. The topological polar surface area (TPSA) is 59.4 Å². The van der Waals surface area contributed by atoms with E-state index in [9.17, 15) is 4.79 Å². The predicted molar refractivity (Wildman–Crippen MR) is 114 cm³/mol. The molecule has 156 valence electrons. The van der Waals surface area contributed by atoms with Crippen molar-refractivity contribution in [1.29, 1.82) is 0 Å². The van der Waals surface area contributed by atoms with E-state index in [-0.39, 0.29) is 17.4 Å². The normalized spacial score (nSPS) is 21.9. The van der Waals surface area contributed by atoms with Crippen LogP contribution >= 0.6 is 0 Å². The van der Waals surface area contributed by atoms with E-state index in [2.05, 4.69) is 34.7 Å². The zero-order valence-electron chi connectivity index (χ0n) is 17.6. The van der Waals surface area contributed by atoms with Crippen LogP contribution in [-0.2, 0) is 17.3 Å². The summed E-state index contributed by atoms with van der Waals surface area (Å²) in [6.45, 7) is 1.59. The number of nitrogens with one attached hydrogen (secondary N) is 1. The van der Waals surface area contributed by atoms with Crippen molar-refractivity contribution in [1.82, 2.24) is 15.1 Å². The fourth-order valence-electron chi connectivity index (χ4n) is 4.90. The quantitative estimate of drug-likeness (QED) is 0.813. The molecule has 1 aromatic carbocycles. The number of ether oxygens (including phenoxy) is 1. The minimum Gasteiger partial charge on any atom is -0.497 e. The fraction of sp³-hybridized carbons (Fsp3) is 0.565. The van der Waals surface area contributed by atoms with Gasteiger partial charge in [0, 0.05) is 37.8 Å². The summed E-state index contributed by atoms with van der Waals surface area (Å²) in [6.07, 6.45) is 9.89. The van der Waals surface area contributed by atoms with Gasteiger partial charge < -0.3 is 10.1 Å². The smallest absolute Gasteiger partial charge is 0.245 e. The molecule has 1 N–H and O–H groups in total. The molecular formula is C23H32N4O2. The lowest BCUT2D eigenvalue weighted by molar-refractivity contribution is -0.121. The van der Waals surface area contributed by atoms with Crippen molar-refractivity contribution in [3.05, 3.63) is 42.1 Å². The molecule has 0 radical (unpaired) electrons. The average molecular weight is 397 g/mol. The summed E-state index contributed by atoms with van der Waals surface area (Å²) >= 11 is 0. The maximum absolute atomic E-state index is 13.1. The number of carbonyl (C=O) groups excluding carboxylic acids is 1. The van der Waals surface area contributed by atoms with Crippen LogP contribution in [0.25, 0.3) is 0 Å². The van der Waals surface area contributed by atoms with Gasteiger partial charge in [0.05, 0.1) is 13.2 Å². The van der Waals surface area contributed by atoms with Gasteiger partial charge >= 0.3 is 0 Å². The van der Waals surface area contributed by atoms with E-state index in [1.165, 1.54) is 24.8 Å². The molecule has 1 amide bonds. The van der Waals surface area contributed by atoms with Gasteiger partial charge in [-0.15, -0.1) is 0 Å². The highest BCUT2D eigenvalue weighted by atomic mass is 16.5. The Balaban J connectivity index is 1.48. The third-order valence-electron chi connectivity index (χ3n) is 6.61. The van der Waals surface area contributed by atoms with Crippen LogP contribution in [-0.4, -0.2) is 41.9 Å². The Hall–Kier alpha value is -2.34. The van der Waals surface area contributed by atoms with Gasteiger partial charge in [-0.3, -0.25) is 14.4 Å². The summed E-state index contributed by atoms with van der Waals surface area (Å²) in [6, 6.07) is 10.3. The highest BCUT2D eigenvalue weighted by Gasteiger charge is 2.37. The first-order valence-corrected chi connectivity index (χ1v) is 10.8. The second-order valence-electron chi connectivity index (χ2n) is 8.48. The van der Waals surface area contributed by atoms with Gasteiger partial charge in [-0.05, 0) is 43.4 Å². The number of aromatic nitrogens is 2. The van der Waals surface area contributed by atoms with Crippen molar-refractivity contribution >= 4 is 11.7 Å². The molecular weight excluding hydrogens is 364 g/mol. The lowest BCUT2D eigenvalue weighted by atomic mass is 9.69. The molecule has 6 heteroatoms. The maximum Gasteiger partial charge on any atom is 0.245 e. The van der Waals surface area contributed by atoms with Crippen LogP contribution in [0.1, 0.15) is 50.5 Å². The first-order valence-electron chi connectivity index (χ1n) is 10.8. The Labute approximate surface area is 173 Å². The number of carbonyl (C=O) groups is 1. The average Bonchev–Trinajstić information content (AvgIpc) is 3.20. The third kappa shape index (κ3) is 4.17.